The van der Waals surface area contributed by atoms with Gasteiger partial charge in [-0.15, -0.1) is 0 Å². The molecule has 0 aliphatic rings. The van der Waals surface area contributed by atoms with E-state index in [1.807, 2.05) is 30.3 Å². The number of aromatic amines is 1. The van der Waals surface area contributed by atoms with Crippen LogP contribution in [0, 0.1) is 22.7 Å². The van der Waals surface area contributed by atoms with Gasteiger partial charge in [0.15, 0.2) is 5.16 Å². The largest absolute Gasteiger partial charge is 0.497 e. The van der Waals surface area contributed by atoms with Gasteiger partial charge < -0.3 is 9.72 Å². The predicted molar refractivity (Wildman–Crippen MR) is 95.7 cm³/mol. The zero-order valence-electron chi connectivity index (χ0n) is 13.2. The maximum atomic E-state index is 9.44. The van der Waals surface area contributed by atoms with Crippen molar-refractivity contribution in [1.82, 2.24) is 9.97 Å². The molecule has 7 heteroatoms. The molecule has 0 aliphatic carbocycles. The molecule has 1 aromatic heterocycles. The molecular weight excluding hydrogens is 352 g/mol. The number of nitriles is 2. The SMILES string of the molecule is COc1cccc(Sc2cc(C#N)c(C#N)c(Sc3ncc[nH]3)c2)c1. The molecule has 5 nitrogen and oxygen atoms in total. The lowest BCUT2D eigenvalue weighted by molar-refractivity contribution is 0.413. The summed E-state index contributed by atoms with van der Waals surface area (Å²) in [5.74, 6) is 0.768. The second kappa shape index (κ2) is 7.80. The molecule has 0 saturated heterocycles. The van der Waals surface area contributed by atoms with Crippen LogP contribution >= 0.6 is 23.5 Å². The van der Waals surface area contributed by atoms with Gasteiger partial charge in [0.05, 0.1) is 18.2 Å². The van der Waals surface area contributed by atoms with Crippen LogP contribution in [0.2, 0.25) is 0 Å². The van der Waals surface area contributed by atoms with E-state index in [1.54, 1.807) is 25.6 Å². The highest BCUT2D eigenvalue weighted by Gasteiger charge is 2.14. The van der Waals surface area contributed by atoms with Gasteiger partial charge in [0.25, 0.3) is 0 Å². The molecule has 3 rings (SSSR count). The Morgan fingerprint density at radius 2 is 1.96 bits per heavy atom. The van der Waals surface area contributed by atoms with Gasteiger partial charge in [0, 0.05) is 27.1 Å². The molecular formula is C18H12N4OS2. The van der Waals surface area contributed by atoms with Gasteiger partial charge in [-0.2, -0.15) is 10.5 Å². The van der Waals surface area contributed by atoms with Crippen LogP contribution in [0.5, 0.6) is 5.75 Å². The molecule has 1 N–H and O–H groups in total. The number of hydrogen-bond donors (Lipinski definition) is 1. The molecule has 0 bridgehead atoms. The van der Waals surface area contributed by atoms with E-state index >= 15 is 0 Å². The third-order valence-electron chi connectivity index (χ3n) is 3.26. The van der Waals surface area contributed by atoms with E-state index in [0.29, 0.717) is 21.2 Å². The summed E-state index contributed by atoms with van der Waals surface area (Å²) in [6.45, 7) is 0. The zero-order chi connectivity index (χ0) is 17.6. The average Bonchev–Trinajstić information content (AvgIpc) is 3.14. The summed E-state index contributed by atoms with van der Waals surface area (Å²) in [4.78, 5) is 9.72. The molecule has 122 valence electrons. The molecule has 0 fully saturated rings. The molecule has 0 radical (unpaired) electrons. The van der Waals surface area contributed by atoms with Crippen molar-refractivity contribution in [1.29, 1.82) is 10.5 Å². The smallest absolute Gasteiger partial charge is 0.170 e. The number of rotatable bonds is 5. The van der Waals surface area contributed by atoms with Crippen molar-refractivity contribution in [2.24, 2.45) is 0 Å². The van der Waals surface area contributed by atoms with Crippen molar-refractivity contribution >= 4 is 23.5 Å². The molecule has 0 aliphatic heterocycles. The second-order valence-corrected chi connectivity index (χ2v) is 7.02. The molecule has 0 spiro atoms. The fourth-order valence-electron chi connectivity index (χ4n) is 2.14. The minimum absolute atomic E-state index is 0.351. The van der Waals surface area contributed by atoms with Crippen molar-refractivity contribution in [3.8, 4) is 17.9 Å². The Labute approximate surface area is 153 Å². The molecule has 0 saturated carbocycles. The van der Waals surface area contributed by atoms with Crippen LogP contribution in [0.3, 0.4) is 0 Å². The third-order valence-corrected chi connectivity index (χ3v) is 5.18. The Balaban J connectivity index is 1.99. The van der Waals surface area contributed by atoms with Gasteiger partial charge in [-0.1, -0.05) is 29.6 Å². The number of ether oxygens (including phenoxy) is 1. The minimum Gasteiger partial charge on any atom is -0.497 e. The van der Waals surface area contributed by atoms with Crippen molar-refractivity contribution in [2.45, 2.75) is 19.8 Å². The zero-order valence-corrected chi connectivity index (χ0v) is 14.8. The van der Waals surface area contributed by atoms with Gasteiger partial charge in [-0.05, 0) is 30.3 Å². The highest BCUT2D eigenvalue weighted by atomic mass is 32.2. The van der Waals surface area contributed by atoms with Gasteiger partial charge >= 0.3 is 0 Å². The standard InChI is InChI=1S/C18H12N4OS2/c1-23-13-3-2-4-14(8-13)24-15-7-12(10-19)16(11-20)17(9-15)25-18-21-5-6-22-18/h2-9H,1H3,(H,21,22). The Bertz CT molecular complexity index is 972. The number of benzene rings is 2. The van der Waals surface area contributed by atoms with Crippen molar-refractivity contribution < 1.29 is 4.74 Å². The number of nitrogens with zero attached hydrogens (tertiary/aromatic N) is 3. The normalized spacial score (nSPS) is 10.0. The summed E-state index contributed by atoms with van der Waals surface area (Å²) >= 11 is 2.84. The highest BCUT2D eigenvalue weighted by molar-refractivity contribution is 8.00. The number of hydrogen-bond acceptors (Lipinski definition) is 6. The first-order valence-corrected chi connectivity index (χ1v) is 8.84. The van der Waals surface area contributed by atoms with Crippen LogP contribution < -0.4 is 4.74 Å². The topological polar surface area (TPSA) is 85.5 Å². The maximum absolute atomic E-state index is 9.44. The summed E-state index contributed by atoms with van der Waals surface area (Å²) in [6, 6.07) is 15.5. The maximum Gasteiger partial charge on any atom is 0.170 e. The molecule has 3 aromatic rings. The van der Waals surface area contributed by atoms with Crippen LogP contribution in [0.15, 0.2) is 68.6 Å². The minimum atomic E-state index is 0.351. The van der Waals surface area contributed by atoms with E-state index in [-0.39, 0.29) is 0 Å². The fourth-order valence-corrected chi connectivity index (χ4v) is 4.06. The first-order chi connectivity index (χ1) is 12.2. The second-order valence-electron chi connectivity index (χ2n) is 4.85. The van der Waals surface area contributed by atoms with E-state index in [0.717, 1.165) is 15.5 Å². The van der Waals surface area contributed by atoms with Crippen molar-refractivity contribution in [2.75, 3.05) is 7.11 Å². The molecule has 1 heterocycles. The van der Waals surface area contributed by atoms with Crippen molar-refractivity contribution in [3.05, 3.63) is 59.9 Å². The number of methoxy groups -OCH3 is 1. The van der Waals surface area contributed by atoms with Crippen LogP contribution in [-0.4, -0.2) is 17.1 Å². The van der Waals surface area contributed by atoms with Crippen molar-refractivity contribution in [3.63, 3.8) is 0 Å². The van der Waals surface area contributed by atoms with E-state index < -0.39 is 0 Å². The summed E-state index contributed by atoms with van der Waals surface area (Å²) in [7, 11) is 1.62. The Hall–Kier alpha value is -2.87. The molecule has 0 amide bonds. The first kappa shape index (κ1) is 17.0. The van der Waals surface area contributed by atoms with Crippen LogP contribution in [0.4, 0.5) is 0 Å². The lowest BCUT2D eigenvalue weighted by Crippen LogP contribution is -1.90. The number of nitrogens with one attached hydrogen (secondary N) is 1. The molecule has 0 unspecified atom stereocenters. The lowest BCUT2D eigenvalue weighted by atomic mass is 10.1. The molecule has 2 aromatic carbocycles. The number of H-pyrrole nitrogens is 1. The third kappa shape index (κ3) is 3.97. The van der Waals surface area contributed by atoms with E-state index in [9.17, 15) is 10.5 Å². The Morgan fingerprint density at radius 3 is 2.64 bits per heavy atom. The summed E-state index contributed by atoms with van der Waals surface area (Å²) in [6.07, 6.45) is 3.36. The predicted octanol–water partition coefficient (Wildman–Crippen LogP) is 4.46. The molecule has 25 heavy (non-hydrogen) atoms. The first-order valence-electron chi connectivity index (χ1n) is 7.21. The van der Waals surface area contributed by atoms with E-state index in [4.69, 9.17) is 4.74 Å². The van der Waals surface area contributed by atoms with Crippen LogP contribution in [0.25, 0.3) is 0 Å². The summed E-state index contributed by atoms with van der Waals surface area (Å²) in [5.41, 5.74) is 0.711. The van der Waals surface area contributed by atoms with Crippen LogP contribution in [-0.2, 0) is 0 Å². The van der Waals surface area contributed by atoms with Gasteiger partial charge in [-0.3, -0.25) is 0 Å². The highest BCUT2D eigenvalue weighted by Crippen LogP contribution is 2.37. The number of aromatic nitrogens is 2. The van der Waals surface area contributed by atoms with Gasteiger partial charge in [-0.25, -0.2) is 4.98 Å². The van der Waals surface area contributed by atoms with Gasteiger partial charge in [0.2, 0.25) is 0 Å². The monoisotopic (exact) mass is 364 g/mol. The number of imidazole rings is 1. The van der Waals surface area contributed by atoms with Crippen LogP contribution in [0.1, 0.15) is 11.1 Å². The molecule has 0 atom stereocenters. The fraction of sp³-hybridized carbons (Fsp3) is 0.0556. The Morgan fingerprint density at radius 1 is 1.08 bits per heavy atom. The van der Waals surface area contributed by atoms with Gasteiger partial charge in [0.1, 0.15) is 17.9 Å². The summed E-state index contributed by atoms with van der Waals surface area (Å²) in [5, 5.41) is 19.5. The quantitative estimate of drug-likeness (QED) is 0.719. The van der Waals surface area contributed by atoms with E-state index in [1.165, 1.54) is 23.5 Å². The lowest BCUT2D eigenvalue weighted by Gasteiger charge is -2.09. The summed E-state index contributed by atoms with van der Waals surface area (Å²) < 4.78 is 5.24. The van der Waals surface area contributed by atoms with E-state index in [2.05, 4.69) is 22.1 Å². The average molecular weight is 364 g/mol. The Kier molecular flexibility index (Phi) is 5.30.